The van der Waals surface area contributed by atoms with E-state index in [2.05, 4.69) is 10.6 Å². The van der Waals surface area contributed by atoms with Crippen LogP contribution in [-0.2, 0) is 14.4 Å². The van der Waals surface area contributed by atoms with Gasteiger partial charge in [0.25, 0.3) is 0 Å². The number of rotatable bonds is 5. The smallest absolute Gasteiger partial charge is 0.243 e. The molecule has 6 heteroatoms. The number of nitrogens with one attached hydrogen (secondary N) is 2. The largest absolute Gasteiger partial charge is 0.347 e. The fourth-order valence-corrected chi connectivity index (χ4v) is 3.49. The highest BCUT2D eigenvalue weighted by Gasteiger charge is 2.36. The van der Waals surface area contributed by atoms with E-state index in [9.17, 15) is 14.4 Å². The Morgan fingerprint density at radius 1 is 1.08 bits per heavy atom. The molecule has 1 aromatic rings. The monoisotopic (exact) mass is 357 g/mol. The molecule has 1 heterocycles. The SMILES string of the molecule is Cc1cccc(C)c1NC(=O)CNC(=O)C1CCCN(C(=O)C2CC2)C1. The number of hydrogen-bond donors (Lipinski definition) is 2. The second kappa shape index (κ2) is 7.89. The molecule has 1 saturated carbocycles. The predicted octanol–water partition coefficient (Wildman–Crippen LogP) is 2.01. The van der Waals surface area contributed by atoms with Crippen molar-refractivity contribution in [3.05, 3.63) is 29.3 Å². The van der Waals surface area contributed by atoms with Gasteiger partial charge >= 0.3 is 0 Å². The van der Waals surface area contributed by atoms with E-state index in [4.69, 9.17) is 0 Å². The highest BCUT2D eigenvalue weighted by Crippen LogP contribution is 2.32. The molecule has 3 rings (SSSR count). The van der Waals surface area contributed by atoms with E-state index in [1.54, 1.807) is 0 Å². The summed E-state index contributed by atoms with van der Waals surface area (Å²) in [6.45, 7) is 5.04. The molecule has 1 atom stereocenters. The Bertz CT molecular complexity index is 692. The summed E-state index contributed by atoms with van der Waals surface area (Å²) in [5, 5.41) is 5.60. The molecule has 0 aromatic heterocycles. The number of piperidine rings is 1. The third-order valence-corrected chi connectivity index (χ3v) is 5.20. The Hall–Kier alpha value is -2.37. The molecular formula is C20H27N3O3. The van der Waals surface area contributed by atoms with Gasteiger partial charge in [-0.2, -0.15) is 0 Å². The Labute approximate surface area is 154 Å². The van der Waals surface area contributed by atoms with Gasteiger partial charge in [0.15, 0.2) is 0 Å². The summed E-state index contributed by atoms with van der Waals surface area (Å²) in [5.41, 5.74) is 2.78. The third-order valence-electron chi connectivity index (χ3n) is 5.20. The van der Waals surface area contributed by atoms with Crippen molar-refractivity contribution in [2.24, 2.45) is 11.8 Å². The maximum atomic E-state index is 12.4. The topological polar surface area (TPSA) is 78.5 Å². The molecule has 2 N–H and O–H groups in total. The fraction of sp³-hybridized carbons (Fsp3) is 0.550. The van der Waals surface area contributed by atoms with Crippen LogP contribution in [0.4, 0.5) is 5.69 Å². The molecule has 3 amide bonds. The van der Waals surface area contributed by atoms with Crippen LogP contribution in [-0.4, -0.2) is 42.3 Å². The molecule has 26 heavy (non-hydrogen) atoms. The lowest BCUT2D eigenvalue weighted by molar-refractivity contribution is -0.137. The minimum Gasteiger partial charge on any atom is -0.347 e. The number of amides is 3. The predicted molar refractivity (Wildman–Crippen MR) is 99.6 cm³/mol. The van der Waals surface area contributed by atoms with Gasteiger partial charge in [-0.05, 0) is 50.7 Å². The normalized spacial score (nSPS) is 19.8. The number of hydrogen-bond acceptors (Lipinski definition) is 3. The molecule has 1 aromatic carbocycles. The number of benzene rings is 1. The Balaban J connectivity index is 1.48. The van der Waals surface area contributed by atoms with Crippen LogP contribution >= 0.6 is 0 Å². The Morgan fingerprint density at radius 2 is 1.77 bits per heavy atom. The van der Waals surface area contributed by atoms with Gasteiger partial charge in [0.05, 0.1) is 12.5 Å². The van der Waals surface area contributed by atoms with Crippen LogP contribution < -0.4 is 10.6 Å². The van der Waals surface area contributed by atoms with Gasteiger partial charge in [0, 0.05) is 24.7 Å². The number of aryl methyl sites for hydroxylation is 2. The molecule has 1 saturated heterocycles. The number of carbonyl (C=O) groups is 3. The van der Waals surface area contributed by atoms with E-state index in [-0.39, 0.29) is 36.1 Å². The van der Waals surface area contributed by atoms with E-state index >= 15 is 0 Å². The zero-order chi connectivity index (χ0) is 18.7. The third kappa shape index (κ3) is 4.42. The molecule has 1 aliphatic heterocycles. The highest BCUT2D eigenvalue weighted by atomic mass is 16.2. The maximum Gasteiger partial charge on any atom is 0.243 e. The van der Waals surface area contributed by atoms with Gasteiger partial charge in [0.1, 0.15) is 0 Å². The molecule has 1 unspecified atom stereocenters. The number of para-hydroxylation sites is 1. The molecule has 0 radical (unpaired) electrons. The number of anilines is 1. The van der Waals surface area contributed by atoms with Crippen LogP contribution in [0.2, 0.25) is 0 Å². The Kier molecular flexibility index (Phi) is 5.59. The standard InChI is InChI=1S/C20H27N3O3/c1-13-5-3-6-14(2)18(13)22-17(24)11-21-19(25)16-7-4-10-23(12-16)20(26)15-8-9-15/h3,5-6,15-16H,4,7-12H2,1-2H3,(H,21,25)(H,22,24). The van der Waals surface area contributed by atoms with Crippen molar-refractivity contribution in [3.63, 3.8) is 0 Å². The molecule has 0 spiro atoms. The molecule has 2 fully saturated rings. The van der Waals surface area contributed by atoms with Crippen LogP contribution in [0.1, 0.15) is 36.8 Å². The first kappa shape index (κ1) is 18.4. The minimum absolute atomic E-state index is 0.0559. The van der Waals surface area contributed by atoms with Crippen LogP contribution in [0.3, 0.4) is 0 Å². The summed E-state index contributed by atoms with van der Waals surface area (Å²) in [7, 11) is 0. The lowest BCUT2D eigenvalue weighted by Gasteiger charge is -2.32. The molecule has 1 aliphatic carbocycles. The van der Waals surface area contributed by atoms with Crippen molar-refractivity contribution >= 4 is 23.4 Å². The van der Waals surface area contributed by atoms with Gasteiger partial charge in [-0.25, -0.2) is 0 Å². The molecule has 140 valence electrons. The van der Waals surface area contributed by atoms with E-state index in [0.717, 1.165) is 49.0 Å². The van der Waals surface area contributed by atoms with Gasteiger partial charge in [-0.15, -0.1) is 0 Å². The van der Waals surface area contributed by atoms with E-state index in [1.165, 1.54) is 0 Å². The second-order valence-electron chi connectivity index (χ2n) is 7.43. The van der Waals surface area contributed by atoms with Crippen molar-refractivity contribution in [3.8, 4) is 0 Å². The van der Waals surface area contributed by atoms with Crippen molar-refractivity contribution < 1.29 is 14.4 Å². The molecular weight excluding hydrogens is 330 g/mol. The minimum atomic E-state index is -0.238. The first-order valence-corrected chi connectivity index (χ1v) is 9.38. The quantitative estimate of drug-likeness (QED) is 0.846. The summed E-state index contributed by atoms with van der Waals surface area (Å²) >= 11 is 0. The number of likely N-dealkylation sites (tertiary alicyclic amines) is 1. The number of nitrogens with zero attached hydrogens (tertiary/aromatic N) is 1. The van der Waals surface area contributed by atoms with Crippen molar-refractivity contribution in [2.75, 3.05) is 25.0 Å². The summed E-state index contributed by atoms with van der Waals surface area (Å²) in [5.74, 6) is -0.234. The molecule has 6 nitrogen and oxygen atoms in total. The molecule has 2 aliphatic rings. The molecule has 0 bridgehead atoms. The first-order valence-electron chi connectivity index (χ1n) is 9.38. The van der Waals surface area contributed by atoms with E-state index in [1.807, 2.05) is 36.9 Å². The number of carbonyl (C=O) groups excluding carboxylic acids is 3. The lowest BCUT2D eigenvalue weighted by atomic mass is 9.96. The van der Waals surface area contributed by atoms with Gasteiger partial charge < -0.3 is 15.5 Å². The average molecular weight is 357 g/mol. The van der Waals surface area contributed by atoms with Crippen LogP contribution in [0, 0.1) is 25.7 Å². The first-order chi connectivity index (χ1) is 12.5. The highest BCUT2D eigenvalue weighted by molar-refractivity contribution is 5.96. The van der Waals surface area contributed by atoms with Crippen LogP contribution in [0.5, 0.6) is 0 Å². The average Bonchev–Trinajstić information content (AvgIpc) is 3.47. The maximum absolute atomic E-state index is 12.4. The summed E-state index contributed by atoms with van der Waals surface area (Å²) in [4.78, 5) is 38.6. The summed E-state index contributed by atoms with van der Waals surface area (Å²) in [6.07, 6.45) is 3.55. The Morgan fingerprint density at radius 3 is 2.42 bits per heavy atom. The van der Waals surface area contributed by atoms with Gasteiger partial charge in [-0.3, -0.25) is 14.4 Å². The lowest BCUT2D eigenvalue weighted by Crippen LogP contribution is -2.47. The van der Waals surface area contributed by atoms with E-state index < -0.39 is 0 Å². The van der Waals surface area contributed by atoms with Gasteiger partial charge in [-0.1, -0.05) is 18.2 Å². The van der Waals surface area contributed by atoms with Crippen molar-refractivity contribution in [1.29, 1.82) is 0 Å². The van der Waals surface area contributed by atoms with E-state index in [0.29, 0.717) is 6.54 Å². The van der Waals surface area contributed by atoms with Gasteiger partial charge in [0.2, 0.25) is 17.7 Å². The summed E-state index contributed by atoms with van der Waals surface area (Å²) < 4.78 is 0. The zero-order valence-corrected chi connectivity index (χ0v) is 15.5. The summed E-state index contributed by atoms with van der Waals surface area (Å²) in [6, 6.07) is 5.82. The fourth-order valence-electron chi connectivity index (χ4n) is 3.49. The van der Waals surface area contributed by atoms with Crippen molar-refractivity contribution in [1.82, 2.24) is 10.2 Å². The zero-order valence-electron chi connectivity index (χ0n) is 15.5. The van der Waals surface area contributed by atoms with Crippen LogP contribution in [0.25, 0.3) is 0 Å². The second-order valence-corrected chi connectivity index (χ2v) is 7.43. The van der Waals surface area contributed by atoms with Crippen LogP contribution in [0.15, 0.2) is 18.2 Å². The van der Waals surface area contributed by atoms with Crippen molar-refractivity contribution in [2.45, 2.75) is 39.5 Å².